The van der Waals surface area contributed by atoms with Gasteiger partial charge < -0.3 is 4.90 Å². The molecule has 0 spiro atoms. The number of amides is 1. The first kappa shape index (κ1) is 13.8. The number of sulfone groups is 1. The van der Waals surface area contributed by atoms with Crippen LogP contribution in [-0.2, 0) is 21.1 Å². The van der Waals surface area contributed by atoms with Crippen LogP contribution in [0.2, 0.25) is 0 Å². The zero-order valence-electron chi connectivity index (χ0n) is 11.0. The highest BCUT2D eigenvalue weighted by atomic mass is 32.2. The average molecular weight is 279 g/mol. The van der Waals surface area contributed by atoms with Crippen molar-refractivity contribution in [3.63, 3.8) is 0 Å². The van der Waals surface area contributed by atoms with Gasteiger partial charge in [-0.2, -0.15) is 0 Å². The molecule has 19 heavy (non-hydrogen) atoms. The van der Waals surface area contributed by atoms with Crippen molar-refractivity contribution in [3.8, 4) is 0 Å². The molecule has 5 heteroatoms. The Bertz CT molecular complexity index is 619. The van der Waals surface area contributed by atoms with E-state index in [1.165, 1.54) is 12.3 Å². The lowest BCUT2D eigenvalue weighted by atomic mass is 10.1. The lowest BCUT2D eigenvalue weighted by molar-refractivity contribution is -0.116. The molecule has 0 N–H and O–H groups in total. The Labute approximate surface area is 113 Å². The third kappa shape index (κ3) is 2.87. The molecule has 1 atom stereocenters. The number of hydrogen-bond donors (Lipinski definition) is 0. The molecule has 1 heterocycles. The van der Waals surface area contributed by atoms with Crippen LogP contribution < -0.4 is 4.90 Å². The third-order valence-corrected chi connectivity index (χ3v) is 4.59. The second-order valence-corrected chi connectivity index (χ2v) is 6.53. The number of para-hydroxylation sites is 1. The van der Waals surface area contributed by atoms with Crippen LogP contribution in [0.1, 0.15) is 19.4 Å². The van der Waals surface area contributed by atoms with Crippen LogP contribution >= 0.6 is 0 Å². The molecule has 0 saturated carbocycles. The molecule has 0 saturated heterocycles. The van der Waals surface area contributed by atoms with Gasteiger partial charge in [0.1, 0.15) is 0 Å². The zero-order chi connectivity index (χ0) is 14.0. The molecule has 0 fully saturated rings. The molecule has 0 radical (unpaired) electrons. The van der Waals surface area contributed by atoms with Crippen molar-refractivity contribution in [1.29, 1.82) is 0 Å². The second kappa shape index (κ2) is 5.17. The lowest BCUT2D eigenvalue weighted by Crippen LogP contribution is -2.40. The molecular formula is C14H17NO3S. The highest BCUT2D eigenvalue weighted by Gasteiger charge is 2.30. The molecule has 1 aliphatic heterocycles. The molecule has 102 valence electrons. The van der Waals surface area contributed by atoms with Crippen LogP contribution in [-0.4, -0.2) is 26.1 Å². The molecule has 0 aromatic heterocycles. The smallest absolute Gasteiger partial charge is 0.224 e. The van der Waals surface area contributed by atoms with E-state index in [0.717, 1.165) is 17.7 Å². The number of carbonyl (C=O) groups is 1. The number of rotatable bonds is 3. The number of carbonyl (C=O) groups excluding carboxylic acids is 1. The van der Waals surface area contributed by atoms with Gasteiger partial charge >= 0.3 is 0 Å². The second-order valence-electron chi connectivity index (χ2n) is 4.60. The van der Waals surface area contributed by atoms with Crippen molar-refractivity contribution in [3.05, 3.63) is 41.3 Å². The van der Waals surface area contributed by atoms with Gasteiger partial charge in [-0.15, -0.1) is 0 Å². The van der Waals surface area contributed by atoms with Crippen LogP contribution in [0.25, 0.3) is 0 Å². The summed E-state index contributed by atoms with van der Waals surface area (Å²) in [4.78, 5) is 13.5. The summed E-state index contributed by atoms with van der Waals surface area (Å²) < 4.78 is 23.1. The standard InChI is InChI=1S/C14H17NO3S/c1-3-12-6-4-5-7-14(12)15(11(2)16)13-8-9-19(17,18)10-13/h4-9,13H,3,10H2,1-2H3/t13-/m0/s1. The van der Waals surface area contributed by atoms with Gasteiger partial charge in [-0.25, -0.2) is 8.42 Å². The van der Waals surface area contributed by atoms with Gasteiger partial charge in [-0.05, 0) is 24.1 Å². The Morgan fingerprint density at radius 3 is 2.58 bits per heavy atom. The molecule has 1 amide bonds. The molecule has 1 aromatic carbocycles. The van der Waals surface area contributed by atoms with E-state index in [1.807, 2.05) is 31.2 Å². The van der Waals surface area contributed by atoms with E-state index in [9.17, 15) is 13.2 Å². The minimum absolute atomic E-state index is 0.0371. The maximum absolute atomic E-state index is 11.9. The fourth-order valence-electron chi connectivity index (χ4n) is 2.35. The fourth-order valence-corrected chi connectivity index (χ4v) is 3.61. The summed E-state index contributed by atoms with van der Waals surface area (Å²) in [5, 5.41) is 1.20. The molecule has 0 unspecified atom stereocenters. The van der Waals surface area contributed by atoms with Gasteiger partial charge in [0, 0.05) is 18.0 Å². The summed E-state index contributed by atoms with van der Waals surface area (Å²) in [6.07, 6.45) is 2.38. The van der Waals surface area contributed by atoms with Gasteiger partial charge in [0.25, 0.3) is 0 Å². The first-order chi connectivity index (χ1) is 8.94. The van der Waals surface area contributed by atoms with Gasteiger partial charge in [-0.3, -0.25) is 4.79 Å². The van der Waals surface area contributed by atoms with E-state index in [2.05, 4.69) is 0 Å². The van der Waals surface area contributed by atoms with Crippen molar-refractivity contribution in [2.45, 2.75) is 26.3 Å². The van der Waals surface area contributed by atoms with Crippen molar-refractivity contribution in [2.24, 2.45) is 0 Å². The van der Waals surface area contributed by atoms with Gasteiger partial charge in [0.15, 0.2) is 9.84 Å². The minimum Gasteiger partial charge on any atom is -0.304 e. The van der Waals surface area contributed by atoms with Crippen LogP contribution in [0.4, 0.5) is 5.69 Å². The molecule has 2 rings (SSSR count). The number of aryl methyl sites for hydroxylation is 1. The van der Waals surface area contributed by atoms with Crippen LogP contribution in [0.5, 0.6) is 0 Å². The number of hydrogen-bond acceptors (Lipinski definition) is 3. The predicted molar refractivity (Wildman–Crippen MR) is 75.7 cm³/mol. The van der Waals surface area contributed by atoms with Crippen molar-refractivity contribution in [2.75, 3.05) is 10.7 Å². The van der Waals surface area contributed by atoms with Crippen molar-refractivity contribution in [1.82, 2.24) is 0 Å². The van der Waals surface area contributed by atoms with Gasteiger partial charge in [0.05, 0.1) is 11.8 Å². The van der Waals surface area contributed by atoms with Crippen LogP contribution in [0, 0.1) is 0 Å². The topological polar surface area (TPSA) is 54.5 Å². The normalized spacial score (nSPS) is 20.4. The predicted octanol–water partition coefficient (Wildman–Crippen LogP) is 1.91. The van der Waals surface area contributed by atoms with E-state index in [1.54, 1.807) is 11.0 Å². The SMILES string of the molecule is CCc1ccccc1N(C(C)=O)[C@H]1C=CS(=O)(=O)C1. The first-order valence-electron chi connectivity index (χ1n) is 6.23. The fraction of sp³-hybridized carbons (Fsp3) is 0.357. The summed E-state index contributed by atoms with van der Waals surface area (Å²) in [6, 6.07) is 7.19. The van der Waals surface area contributed by atoms with E-state index in [4.69, 9.17) is 0 Å². The zero-order valence-corrected chi connectivity index (χ0v) is 11.9. The quantitative estimate of drug-likeness (QED) is 0.849. The van der Waals surface area contributed by atoms with Crippen LogP contribution in [0.15, 0.2) is 35.7 Å². The third-order valence-electron chi connectivity index (χ3n) is 3.21. The summed E-state index contributed by atoms with van der Waals surface area (Å²) in [5.74, 6) is -0.183. The molecular weight excluding hydrogens is 262 g/mol. The van der Waals surface area contributed by atoms with Gasteiger partial charge in [-0.1, -0.05) is 25.1 Å². The van der Waals surface area contributed by atoms with Gasteiger partial charge in [0.2, 0.25) is 5.91 Å². The Balaban J connectivity index is 2.42. The summed E-state index contributed by atoms with van der Waals surface area (Å²) >= 11 is 0. The summed E-state index contributed by atoms with van der Waals surface area (Å²) in [6.45, 7) is 3.48. The van der Waals surface area contributed by atoms with Crippen molar-refractivity contribution < 1.29 is 13.2 Å². The minimum atomic E-state index is -3.18. The Morgan fingerprint density at radius 2 is 2.05 bits per heavy atom. The molecule has 0 bridgehead atoms. The molecule has 4 nitrogen and oxygen atoms in total. The summed E-state index contributed by atoms with van der Waals surface area (Å²) in [7, 11) is -3.18. The Hall–Kier alpha value is -1.62. The average Bonchev–Trinajstić information content (AvgIpc) is 2.70. The highest BCUT2D eigenvalue weighted by Crippen LogP contribution is 2.26. The molecule has 1 aromatic rings. The lowest BCUT2D eigenvalue weighted by Gasteiger charge is -2.28. The number of nitrogens with zero attached hydrogens (tertiary/aromatic N) is 1. The van der Waals surface area contributed by atoms with E-state index in [-0.39, 0.29) is 11.7 Å². The molecule has 1 aliphatic rings. The highest BCUT2D eigenvalue weighted by molar-refractivity contribution is 7.94. The largest absolute Gasteiger partial charge is 0.304 e. The Kier molecular flexibility index (Phi) is 3.75. The maximum atomic E-state index is 11.9. The monoisotopic (exact) mass is 279 g/mol. The van der Waals surface area contributed by atoms with E-state index < -0.39 is 15.9 Å². The maximum Gasteiger partial charge on any atom is 0.224 e. The van der Waals surface area contributed by atoms with E-state index in [0.29, 0.717) is 0 Å². The van der Waals surface area contributed by atoms with Crippen LogP contribution in [0.3, 0.4) is 0 Å². The summed E-state index contributed by atoms with van der Waals surface area (Å²) in [5.41, 5.74) is 1.83. The van der Waals surface area contributed by atoms with Crippen molar-refractivity contribution >= 4 is 21.4 Å². The number of anilines is 1. The first-order valence-corrected chi connectivity index (χ1v) is 7.95. The van der Waals surface area contributed by atoms with E-state index >= 15 is 0 Å². The molecule has 0 aliphatic carbocycles. The Morgan fingerprint density at radius 1 is 1.37 bits per heavy atom. The number of benzene rings is 1.